The minimum absolute atomic E-state index is 0.0229. The number of carbonyl (C=O) groups excluding carboxylic acids is 2. The van der Waals surface area contributed by atoms with Crippen molar-refractivity contribution in [2.45, 2.75) is 0 Å². The monoisotopic (exact) mass is 395 g/mol. The molecule has 1 aliphatic heterocycles. The van der Waals surface area contributed by atoms with Crippen molar-refractivity contribution >= 4 is 23.6 Å². The lowest BCUT2D eigenvalue weighted by Gasteiger charge is -2.34. The van der Waals surface area contributed by atoms with Gasteiger partial charge in [-0.2, -0.15) is 0 Å². The first kappa shape index (κ1) is 20.1. The number of methoxy groups -OCH3 is 1. The molecule has 0 aromatic heterocycles. The number of rotatable bonds is 5. The predicted octanol–water partition coefficient (Wildman–Crippen LogP) is 2.60. The molecule has 29 heavy (non-hydrogen) atoms. The molecule has 1 saturated heterocycles. The molecule has 8 heteroatoms. The molecule has 1 fully saturated rings. The van der Waals surface area contributed by atoms with Gasteiger partial charge in [-0.15, -0.1) is 0 Å². The van der Waals surface area contributed by atoms with Crippen molar-refractivity contribution in [3.05, 3.63) is 75.8 Å². The van der Waals surface area contributed by atoms with E-state index in [2.05, 4.69) is 0 Å². The quantitative estimate of drug-likeness (QED) is 0.441. The molecule has 0 spiro atoms. The van der Waals surface area contributed by atoms with Gasteiger partial charge in [0.1, 0.15) is 5.75 Å². The smallest absolute Gasteiger partial charge is 0.270 e. The Morgan fingerprint density at radius 3 is 2.31 bits per heavy atom. The molecular formula is C21H21N3O5. The van der Waals surface area contributed by atoms with Crippen LogP contribution in [0.5, 0.6) is 5.75 Å². The summed E-state index contributed by atoms with van der Waals surface area (Å²) >= 11 is 0. The van der Waals surface area contributed by atoms with Crippen LogP contribution in [-0.4, -0.2) is 59.8 Å². The Morgan fingerprint density at radius 2 is 1.69 bits per heavy atom. The summed E-state index contributed by atoms with van der Waals surface area (Å²) in [6.07, 6.45) is 2.96. The van der Waals surface area contributed by atoms with Crippen LogP contribution in [0.1, 0.15) is 15.9 Å². The van der Waals surface area contributed by atoms with Gasteiger partial charge in [0.2, 0.25) is 5.91 Å². The normalized spacial score (nSPS) is 14.1. The molecule has 3 rings (SSSR count). The van der Waals surface area contributed by atoms with Crippen LogP contribution in [-0.2, 0) is 4.79 Å². The first-order valence-corrected chi connectivity index (χ1v) is 9.12. The van der Waals surface area contributed by atoms with E-state index in [9.17, 15) is 19.7 Å². The van der Waals surface area contributed by atoms with Crippen LogP contribution >= 0.6 is 0 Å². The molecule has 0 unspecified atom stereocenters. The van der Waals surface area contributed by atoms with Crippen LogP contribution in [0.3, 0.4) is 0 Å². The van der Waals surface area contributed by atoms with E-state index in [0.717, 1.165) is 0 Å². The van der Waals surface area contributed by atoms with Crippen molar-refractivity contribution in [2.24, 2.45) is 0 Å². The summed E-state index contributed by atoms with van der Waals surface area (Å²) in [5.41, 5.74) is 1.14. The second-order valence-electron chi connectivity index (χ2n) is 6.53. The van der Waals surface area contributed by atoms with E-state index in [1.165, 1.54) is 18.2 Å². The number of amides is 2. The number of hydrogen-bond donors (Lipinski definition) is 0. The summed E-state index contributed by atoms with van der Waals surface area (Å²) < 4.78 is 5.10. The van der Waals surface area contributed by atoms with Crippen molar-refractivity contribution < 1.29 is 19.2 Å². The van der Waals surface area contributed by atoms with Crippen molar-refractivity contribution in [3.8, 4) is 5.75 Å². The number of nitro benzene ring substituents is 1. The molecule has 0 saturated carbocycles. The molecule has 8 nitrogen and oxygen atoms in total. The van der Waals surface area contributed by atoms with E-state index in [-0.39, 0.29) is 17.5 Å². The topological polar surface area (TPSA) is 93.0 Å². The van der Waals surface area contributed by atoms with E-state index in [0.29, 0.717) is 43.1 Å². The molecule has 2 amide bonds. The Balaban J connectivity index is 1.55. The lowest BCUT2D eigenvalue weighted by atomic mass is 10.1. The second kappa shape index (κ2) is 9.01. The number of nitrogens with zero attached hydrogens (tertiary/aromatic N) is 3. The minimum atomic E-state index is -0.474. The Hall–Kier alpha value is -3.68. The fourth-order valence-electron chi connectivity index (χ4n) is 3.06. The van der Waals surface area contributed by atoms with Crippen molar-refractivity contribution in [1.82, 2.24) is 9.80 Å². The third-order valence-corrected chi connectivity index (χ3v) is 4.71. The van der Waals surface area contributed by atoms with Gasteiger partial charge < -0.3 is 14.5 Å². The molecular weight excluding hydrogens is 374 g/mol. The van der Waals surface area contributed by atoms with Gasteiger partial charge in [-0.1, -0.05) is 12.1 Å². The zero-order valence-electron chi connectivity index (χ0n) is 16.0. The maximum atomic E-state index is 12.6. The molecule has 2 aromatic rings. The van der Waals surface area contributed by atoms with Crippen molar-refractivity contribution in [1.29, 1.82) is 0 Å². The predicted molar refractivity (Wildman–Crippen MR) is 108 cm³/mol. The van der Waals surface area contributed by atoms with Crippen LogP contribution in [0.2, 0.25) is 0 Å². The van der Waals surface area contributed by atoms with Gasteiger partial charge in [0.05, 0.1) is 12.0 Å². The molecule has 0 radical (unpaired) electrons. The Kier molecular flexibility index (Phi) is 6.23. The van der Waals surface area contributed by atoms with Gasteiger partial charge in [0.15, 0.2) is 0 Å². The van der Waals surface area contributed by atoms with Gasteiger partial charge in [-0.05, 0) is 35.9 Å². The average molecular weight is 395 g/mol. The summed E-state index contributed by atoms with van der Waals surface area (Å²) in [7, 11) is 1.57. The molecule has 0 atom stereocenters. The van der Waals surface area contributed by atoms with Crippen LogP contribution in [0.25, 0.3) is 6.08 Å². The SMILES string of the molecule is COc1ccc(C(=O)N2CCN(C(=O)C=Cc3cccc([N+](=O)[O-])c3)CC2)cc1. The number of benzene rings is 2. The van der Waals surface area contributed by atoms with Gasteiger partial charge >= 0.3 is 0 Å². The fourth-order valence-corrected chi connectivity index (χ4v) is 3.06. The molecule has 0 aliphatic carbocycles. The van der Waals surface area contributed by atoms with Crippen LogP contribution in [0.4, 0.5) is 5.69 Å². The molecule has 2 aromatic carbocycles. The number of hydrogen-bond acceptors (Lipinski definition) is 5. The molecule has 1 heterocycles. The molecule has 0 bridgehead atoms. The summed E-state index contributed by atoms with van der Waals surface area (Å²) in [4.78, 5) is 38.7. The zero-order chi connectivity index (χ0) is 20.8. The summed E-state index contributed by atoms with van der Waals surface area (Å²) in [5.74, 6) is 0.424. The molecule has 0 N–H and O–H groups in total. The van der Waals surface area contributed by atoms with Gasteiger partial charge in [0, 0.05) is 50.0 Å². The third kappa shape index (κ3) is 4.98. The van der Waals surface area contributed by atoms with E-state index < -0.39 is 4.92 Å². The number of ether oxygens (including phenoxy) is 1. The van der Waals surface area contributed by atoms with Crippen LogP contribution < -0.4 is 4.74 Å². The maximum Gasteiger partial charge on any atom is 0.270 e. The number of piperazine rings is 1. The van der Waals surface area contributed by atoms with Gasteiger partial charge in [0.25, 0.3) is 11.6 Å². The van der Waals surface area contributed by atoms with Gasteiger partial charge in [-0.25, -0.2) is 0 Å². The number of non-ortho nitro benzene ring substituents is 1. The van der Waals surface area contributed by atoms with E-state index in [4.69, 9.17) is 4.74 Å². The van der Waals surface area contributed by atoms with Gasteiger partial charge in [-0.3, -0.25) is 19.7 Å². The Bertz CT molecular complexity index is 932. The van der Waals surface area contributed by atoms with E-state index in [1.807, 2.05) is 0 Å². The van der Waals surface area contributed by atoms with E-state index >= 15 is 0 Å². The van der Waals surface area contributed by atoms with Crippen LogP contribution in [0, 0.1) is 10.1 Å². The Morgan fingerprint density at radius 1 is 1.03 bits per heavy atom. The summed E-state index contributed by atoms with van der Waals surface area (Å²) in [6, 6.07) is 13.0. The standard InChI is InChI=1S/C21H21N3O5/c1-29-19-8-6-17(7-9-19)21(26)23-13-11-22(12-14-23)20(25)10-5-16-3-2-4-18(15-16)24(27)28/h2-10,15H,11-14H2,1H3. The lowest BCUT2D eigenvalue weighted by molar-refractivity contribution is -0.384. The number of nitro groups is 1. The molecule has 1 aliphatic rings. The second-order valence-corrected chi connectivity index (χ2v) is 6.53. The Labute approximate surface area is 168 Å². The summed E-state index contributed by atoms with van der Waals surface area (Å²) in [6.45, 7) is 1.75. The first-order chi connectivity index (χ1) is 14.0. The highest BCUT2D eigenvalue weighted by Gasteiger charge is 2.23. The first-order valence-electron chi connectivity index (χ1n) is 9.12. The van der Waals surface area contributed by atoms with Crippen molar-refractivity contribution in [3.63, 3.8) is 0 Å². The molecule has 150 valence electrons. The van der Waals surface area contributed by atoms with E-state index in [1.54, 1.807) is 59.4 Å². The highest BCUT2D eigenvalue weighted by atomic mass is 16.6. The largest absolute Gasteiger partial charge is 0.497 e. The fraction of sp³-hybridized carbons (Fsp3) is 0.238. The average Bonchev–Trinajstić information content (AvgIpc) is 2.77. The van der Waals surface area contributed by atoms with Crippen LogP contribution in [0.15, 0.2) is 54.6 Å². The zero-order valence-corrected chi connectivity index (χ0v) is 16.0. The maximum absolute atomic E-state index is 12.6. The third-order valence-electron chi connectivity index (χ3n) is 4.71. The highest BCUT2D eigenvalue weighted by molar-refractivity contribution is 5.95. The summed E-state index contributed by atoms with van der Waals surface area (Å²) in [5, 5.41) is 10.8. The minimum Gasteiger partial charge on any atom is -0.497 e. The van der Waals surface area contributed by atoms with Crippen molar-refractivity contribution in [2.75, 3.05) is 33.3 Å². The lowest BCUT2D eigenvalue weighted by Crippen LogP contribution is -2.50. The number of carbonyl (C=O) groups is 2. The highest BCUT2D eigenvalue weighted by Crippen LogP contribution is 2.16.